The number of carboxylic acid groups (broad SMARTS) is 2. The molecule has 7 N–H and O–H groups in total. The standard InChI is InChI=1S/C19H24N4O7S/c1-9-11-3-2-10(6-13(11)23-17(9)27)31-8-14(18(28)21-7-16(25)26)22-15(24)5-4-12(20)19(29)30/h2-3,6,9,12,14H,4-5,7-8,20H2,1H3,(H,21,28)(H,22,24)(H,23,27)(H,25,26)(H,29,30). The normalized spacial score (nSPS) is 16.6. The molecule has 0 saturated carbocycles. The van der Waals surface area contributed by atoms with Crippen LogP contribution in [0.1, 0.15) is 31.2 Å². The molecule has 2 rings (SSSR count). The van der Waals surface area contributed by atoms with Crippen LogP contribution in [0.3, 0.4) is 0 Å². The molecule has 0 radical (unpaired) electrons. The number of thioether (sulfide) groups is 1. The first kappa shape index (κ1) is 24.2. The lowest BCUT2D eigenvalue weighted by molar-refractivity contribution is -0.139. The lowest BCUT2D eigenvalue weighted by Crippen LogP contribution is -2.49. The molecule has 3 atom stereocenters. The Balaban J connectivity index is 2.01. The van der Waals surface area contributed by atoms with Gasteiger partial charge in [0.2, 0.25) is 17.7 Å². The average molecular weight is 452 g/mol. The van der Waals surface area contributed by atoms with Gasteiger partial charge in [-0.25, -0.2) is 0 Å². The van der Waals surface area contributed by atoms with E-state index in [2.05, 4.69) is 16.0 Å². The fraction of sp³-hybridized carbons (Fsp3) is 0.421. The van der Waals surface area contributed by atoms with Crippen LogP contribution in [-0.2, 0) is 24.0 Å². The molecule has 0 fully saturated rings. The van der Waals surface area contributed by atoms with Crippen LogP contribution < -0.4 is 21.7 Å². The zero-order valence-electron chi connectivity index (χ0n) is 16.7. The fourth-order valence-corrected chi connectivity index (χ4v) is 3.78. The van der Waals surface area contributed by atoms with Crippen LogP contribution in [0, 0.1) is 0 Å². The monoisotopic (exact) mass is 452 g/mol. The van der Waals surface area contributed by atoms with Crippen LogP contribution in [-0.4, -0.2) is 64.3 Å². The third-order valence-electron chi connectivity index (χ3n) is 4.62. The second-order valence-electron chi connectivity index (χ2n) is 6.99. The lowest BCUT2D eigenvalue weighted by atomic mass is 10.0. The Kier molecular flexibility index (Phi) is 8.39. The van der Waals surface area contributed by atoms with E-state index in [0.717, 1.165) is 10.5 Å². The topological polar surface area (TPSA) is 188 Å². The molecule has 0 aromatic heterocycles. The molecule has 1 aromatic rings. The van der Waals surface area contributed by atoms with Gasteiger partial charge in [0.25, 0.3) is 0 Å². The van der Waals surface area contributed by atoms with E-state index in [4.69, 9.17) is 15.9 Å². The van der Waals surface area contributed by atoms with Gasteiger partial charge in [-0.2, -0.15) is 0 Å². The summed E-state index contributed by atoms with van der Waals surface area (Å²) in [6.07, 6.45) is -0.315. The van der Waals surface area contributed by atoms with Crippen LogP contribution in [0.5, 0.6) is 0 Å². The van der Waals surface area contributed by atoms with E-state index in [1.807, 2.05) is 6.07 Å². The Hall–Kier alpha value is -3.12. The van der Waals surface area contributed by atoms with Crippen molar-refractivity contribution < 1.29 is 34.2 Å². The number of amides is 3. The molecule has 0 bridgehead atoms. The predicted octanol–water partition coefficient (Wildman–Crippen LogP) is -0.288. The third kappa shape index (κ3) is 6.96. The SMILES string of the molecule is CC1C(=O)Nc2cc(SCC(NC(=O)CCC(N)C(=O)O)C(=O)NCC(=O)O)ccc21. The fourth-order valence-electron chi connectivity index (χ4n) is 2.82. The minimum Gasteiger partial charge on any atom is -0.480 e. The van der Waals surface area contributed by atoms with E-state index in [1.54, 1.807) is 19.1 Å². The second kappa shape index (κ2) is 10.8. The van der Waals surface area contributed by atoms with E-state index >= 15 is 0 Å². The second-order valence-corrected chi connectivity index (χ2v) is 8.08. The Labute approximate surface area is 182 Å². The summed E-state index contributed by atoms with van der Waals surface area (Å²) in [6.45, 7) is 1.19. The van der Waals surface area contributed by atoms with Crippen molar-refractivity contribution in [1.82, 2.24) is 10.6 Å². The average Bonchev–Trinajstić information content (AvgIpc) is 3.00. The van der Waals surface area contributed by atoms with Crippen molar-refractivity contribution in [3.8, 4) is 0 Å². The van der Waals surface area contributed by atoms with Gasteiger partial charge in [0.15, 0.2) is 0 Å². The number of fused-ring (bicyclic) bond motifs is 1. The molecule has 3 amide bonds. The van der Waals surface area contributed by atoms with Crippen molar-refractivity contribution in [2.75, 3.05) is 17.6 Å². The van der Waals surface area contributed by atoms with Gasteiger partial charge < -0.3 is 31.9 Å². The molecule has 0 aliphatic carbocycles. The number of carbonyl (C=O) groups is 5. The van der Waals surface area contributed by atoms with Crippen LogP contribution >= 0.6 is 11.8 Å². The van der Waals surface area contributed by atoms with Crippen LogP contribution in [0.25, 0.3) is 0 Å². The molecular weight excluding hydrogens is 428 g/mol. The van der Waals surface area contributed by atoms with E-state index in [-0.39, 0.29) is 30.4 Å². The number of hydrogen-bond acceptors (Lipinski definition) is 7. The van der Waals surface area contributed by atoms with Crippen molar-refractivity contribution in [1.29, 1.82) is 0 Å². The van der Waals surface area contributed by atoms with Gasteiger partial charge in [-0.05, 0) is 31.0 Å². The van der Waals surface area contributed by atoms with Gasteiger partial charge in [-0.1, -0.05) is 6.07 Å². The third-order valence-corrected chi connectivity index (χ3v) is 5.71. The Morgan fingerprint density at radius 1 is 1.26 bits per heavy atom. The highest BCUT2D eigenvalue weighted by Gasteiger charge is 2.27. The maximum Gasteiger partial charge on any atom is 0.322 e. The molecule has 11 nitrogen and oxygen atoms in total. The van der Waals surface area contributed by atoms with E-state index in [1.165, 1.54) is 11.8 Å². The van der Waals surface area contributed by atoms with Crippen molar-refractivity contribution in [2.45, 2.75) is 42.7 Å². The highest BCUT2D eigenvalue weighted by Crippen LogP contribution is 2.35. The number of hydrogen-bond donors (Lipinski definition) is 6. The summed E-state index contributed by atoms with van der Waals surface area (Å²) in [7, 11) is 0. The lowest BCUT2D eigenvalue weighted by Gasteiger charge is -2.18. The minimum absolute atomic E-state index is 0.0878. The molecule has 0 spiro atoms. The first-order chi connectivity index (χ1) is 14.6. The maximum atomic E-state index is 12.3. The molecule has 1 aromatic carbocycles. The molecule has 168 valence electrons. The molecule has 12 heteroatoms. The molecule has 3 unspecified atom stereocenters. The highest BCUT2D eigenvalue weighted by atomic mass is 32.2. The zero-order chi connectivity index (χ0) is 23.1. The van der Waals surface area contributed by atoms with Gasteiger partial charge in [0.1, 0.15) is 18.6 Å². The number of carboxylic acids is 2. The predicted molar refractivity (Wildman–Crippen MR) is 112 cm³/mol. The van der Waals surface area contributed by atoms with Gasteiger partial charge >= 0.3 is 11.9 Å². The number of nitrogens with two attached hydrogens (primary N) is 1. The van der Waals surface area contributed by atoms with Crippen molar-refractivity contribution in [3.05, 3.63) is 23.8 Å². The minimum atomic E-state index is -1.24. The molecular formula is C19H24N4O7S. The van der Waals surface area contributed by atoms with Gasteiger partial charge in [-0.15, -0.1) is 11.8 Å². The van der Waals surface area contributed by atoms with Crippen LogP contribution in [0.4, 0.5) is 5.69 Å². The van der Waals surface area contributed by atoms with Crippen LogP contribution in [0.2, 0.25) is 0 Å². The van der Waals surface area contributed by atoms with E-state index < -0.39 is 42.4 Å². The smallest absolute Gasteiger partial charge is 0.322 e. The van der Waals surface area contributed by atoms with E-state index in [9.17, 15) is 24.0 Å². The maximum absolute atomic E-state index is 12.3. The summed E-state index contributed by atoms with van der Waals surface area (Å²) in [5, 5.41) is 25.0. The van der Waals surface area contributed by atoms with Gasteiger partial charge in [0.05, 0.1) is 5.92 Å². The Morgan fingerprint density at radius 2 is 1.97 bits per heavy atom. The number of rotatable bonds is 11. The summed E-state index contributed by atoms with van der Waals surface area (Å²) in [6, 6.07) is 3.11. The zero-order valence-corrected chi connectivity index (χ0v) is 17.5. The first-order valence-electron chi connectivity index (χ1n) is 9.43. The summed E-state index contributed by atoms with van der Waals surface area (Å²) < 4.78 is 0. The summed E-state index contributed by atoms with van der Waals surface area (Å²) in [5.41, 5.74) is 6.93. The number of aliphatic carboxylic acids is 2. The van der Waals surface area contributed by atoms with Crippen molar-refractivity contribution >= 4 is 47.1 Å². The van der Waals surface area contributed by atoms with Crippen LogP contribution in [0.15, 0.2) is 23.1 Å². The molecule has 1 heterocycles. The number of nitrogens with one attached hydrogen (secondary N) is 3. The van der Waals surface area contributed by atoms with E-state index in [0.29, 0.717) is 5.69 Å². The summed E-state index contributed by atoms with van der Waals surface area (Å²) in [4.78, 5) is 58.5. The first-order valence-corrected chi connectivity index (χ1v) is 10.4. The summed E-state index contributed by atoms with van der Waals surface area (Å²) >= 11 is 1.24. The molecule has 31 heavy (non-hydrogen) atoms. The van der Waals surface area contributed by atoms with Gasteiger partial charge in [-0.3, -0.25) is 24.0 Å². The molecule has 0 saturated heterocycles. The largest absolute Gasteiger partial charge is 0.480 e. The number of anilines is 1. The number of carbonyl (C=O) groups excluding carboxylic acids is 3. The Morgan fingerprint density at radius 3 is 2.61 bits per heavy atom. The summed E-state index contributed by atoms with van der Waals surface area (Å²) in [5.74, 6) is -4.00. The quantitative estimate of drug-likeness (QED) is 0.245. The van der Waals surface area contributed by atoms with Crippen molar-refractivity contribution in [2.24, 2.45) is 5.73 Å². The molecule has 1 aliphatic heterocycles. The molecule has 1 aliphatic rings. The highest BCUT2D eigenvalue weighted by molar-refractivity contribution is 7.99. The number of benzene rings is 1. The Bertz CT molecular complexity index is 892. The van der Waals surface area contributed by atoms with Crippen molar-refractivity contribution in [3.63, 3.8) is 0 Å². The van der Waals surface area contributed by atoms with Gasteiger partial charge in [0, 0.05) is 22.8 Å².